The second-order valence-corrected chi connectivity index (χ2v) is 3.29. The number of rotatable bonds is 4. The third-order valence-corrected chi connectivity index (χ3v) is 2.21. The van der Waals surface area contributed by atoms with Gasteiger partial charge in [-0.05, 0) is 18.1 Å². The molecule has 0 aromatic heterocycles. The Morgan fingerprint density at radius 2 is 2.00 bits per heavy atom. The number of amides is 2. The van der Waals surface area contributed by atoms with Crippen molar-refractivity contribution in [1.82, 2.24) is 10.7 Å². The lowest BCUT2D eigenvalue weighted by molar-refractivity contribution is -0.139. The van der Waals surface area contributed by atoms with Crippen LogP contribution in [0.2, 0.25) is 0 Å². The van der Waals surface area contributed by atoms with E-state index in [1.54, 1.807) is 12.5 Å². The zero-order chi connectivity index (χ0) is 12.7. The number of hydrazine groups is 1. The summed E-state index contributed by atoms with van der Waals surface area (Å²) in [5.74, 6) is 3.97. The van der Waals surface area contributed by atoms with Crippen molar-refractivity contribution in [3.8, 4) is 5.75 Å². The van der Waals surface area contributed by atoms with Crippen molar-refractivity contribution < 1.29 is 14.3 Å². The van der Waals surface area contributed by atoms with Crippen molar-refractivity contribution >= 4 is 11.8 Å². The highest BCUT2D eigenvalue weighted by molar-refractivity contribution is 6.34. The van der Waals surface area contributed by atoms with Gasteiger partial charge in [0.05, 0.1) is 7.11 Å². The van der Waals surface area contributed by atoms with Crippen molar-refractivity contribution in [2.24, 2.45) is 5.84 Å². The van der Waals surface area contributed by atoms with E-state index < -0.39 is 11.8 Å². The topological polar surface area (TPSA) is 93.4 Å². The molecule has 1 aromatic rings. The van der Waals surface area contributed by atoms with E-state index in [1.165, 1.54) is 0 Å². The number of nitrogens with two attached hydrogens (primary N) is 1. The van der Waals surface area contributed by atoms with Crippen LogP contribution in [0.25, 0.3) is 0 Å². The van der Waals surface area contributed by atoms with Crippen molar-refractivity contribution in [2.75, 3.05) is 13.7 Å². The largest absolute Gasteiger partial charge is 0.496 e. The van der Waals surface area contributed by atoms with Crippen LogP contribution in [-0.4, -0.2) is 25.5 Å². The number of carbonyl (C=O) groups is 2. The van der Waals surface area contributed by atoms with E-state index in [4.69, 9.17) is 10.6 Å². The molecule has 0 radical (unpaired) electrons. The van der Waals surface area contributed by atoms with Crippen molar-refractivity contribution in [3.63, 3.8) is 0 Å². The molecule has 0 atom stereocenters. The molecular weight excluding hydrogens is 222 g/mol. The minimum atomic E-state index is -0.856. The van der Waals surface area contributed by atoms with E-state index in [9.17, 15) is 9.59 Å². The number of ether oxygens (including phenoxy) is 1. The molecule has 0 unspecified atom stereocenters. The first-order valence-corrected chi connectivity index (χ1v) is 5.09. The number of para-hydroxylation sites is 1. The summed E-state index contributed by atoms with van der Waals surface area (Å²) in [7, 11) is 1.58. The first-order chi connectivity index (χ1) is 8.19. The van der Waals surface area contributed by atoms with Gasteiger partial charge < -0.3 is 10.1 Å². The predicted molar refractivity (Wildman–Crippen MR) is 62.0 cm³/mol. The standard InChI is InChI=1S/C11H15N3O3/c1-17-9-5-3-2-4-8(9)6-7-13-10(15)11(16)14-12/h2-5H,6-7,12H2,1H3,(H,13,15)(H,14,16). The maximum Gasteiger partial charge on any atom is 0.323 e. The Morgan fingerprint density at radius 1 is 1.29 bits per heavy atom. The summed E-state index contributed by atoms with van der Waals surface area (Å²) in [6.45, 7) is 0.340. The van der Waals surface area contributed by atoms with Crippen molar-refractivity contribution in [1.29, 1.82) is 0 Å². The molecule has 0 heterocycles. The van der Waals surface area contributed by atoms with E-state index in [0.717, 1.165) is 11.3 Å². The summed E-state index contributed by atoms with van der Waals surface area (Å²) in [5, 5.41) is 2.45. The number of hydrogen-bond acceptors (Lipinski definition) is 4. The average Bonchev–Trinajstić information content (AvgIpc) is 2.38. The van der Waals surface area contributed by atoms with Crippen LogP contribution in [-0.2, 0) is 16.0 Å². The van der Waals surface area contributed by atoms with Crippen LogP contribution in [0.5, 0.6) is 5.75 Å². The Balaban J connectivity index is 2.46. The second kappa shape index (κ2) is 6.49. The third-order valence-electron chi connectivity index (χ3n) is 2.21. The molecule has 0 aliphatic rings. The Morgan fingerprint density at radius 3 is 2.65 bits per heavy atom. The maximum absolute atomic E-state index is 11.1. The molecule has 0 saturated heterocycles. The molecule has 0 aliphatic carbocycles. The highest BCUT2D eigenvalue weighted by Crippen LogP contribution is 2.16. The molecule has 0 spiro atoms. The van der Waals surface area contributed by atoms with Gasteiger partial charge in [0.1, 0.15) is 5.75 Å². The van der Waals surface area contributed by atoms with E-state index >= 15 is 0 Å². The summed E-state index contributed by atoms with van der Waals surface area (Å²) < 4.78 is 5.16. The van der Waals surface area contributed by atoms with Gasteiger partial charge in [-0.2, -0.15) is 0 Å². The van der Waals surface area contributed by atoms with Gasteiger partial charge in [-0.1, -0.05) is 18.2 Å². The summed E-state index contributed by atoms with van der Waals surface area (Å²) in [6, 6.07) is 7.48. The van der Waals surface area contributed by atoms with Crippen LogP contribution in [0.3, 0.4) is 0 Å². The lowest BCUT2D eigenvalue weighted by atomic mass is 10.1. The van der Waals surface area contributed by atoms with Gasteiger partial charge in [0.2, 0.25) is 0 Å². The predicted octanol–water partition coefficient (Wildman–Crippen LogP) is -0.656. The zero-order valence-electron chi connectivity index (χ0n) is 9.53. The molecule has 6 heteroatoms. The lowest BCUT2D eigenvalue weighted by Gasteiger charge is -2.08. The lowest BCUT2D eigenvalue weighted by Crippen LogP contribution is -2.43. The van der Waals surface area contributed by atoms with Crippen molar-refractivity contribution in [3.05, 3.63) is 29.8 Å². The third kappa shape index (κ3) is 3.76. The number of hydrogen-bond donors (Lipinski definition) is 3. The molecule has 0 fully saturated rings. The molecule has 4 N–H and O–H groups in total. The fourth-order valence-electron chi connectivity index (χ4n) is 1.37. The van der Waals surface area contributed by atoms with E-state index in [2.05, 4.69) is 5.32 Å². The molecule has 0 saturated carbocycles. The fraction of sp³-hybridized carbons (Fsp3) is 0.273. The molecule has 0 aliphatic heterocycles. The van der Waals surface area contributed by atoms with Gasteiger partial charge in [0.15, 0.2) is 0 Å². The Hall–Kier alpha value is -2.08. The summed E-state index contributed by atoms with van der Waals surface area (Å²) >= 11 is 0. The first kappa shape index (κ1) is 13.0. The van der Waals surface area contributed by atoms with Crippen LogP contribution in [0.1, 0.15) is 5.56 Å². The van der Waals surface area contributed by atoms with Crippen LogP contribution in [0.15, 0.2) is 24.3 Å². The van der Waals surface area contributed by atoms with Gasteiger partial charge in [0, 0.05) is 6.54 Å². The Bertz CT molecular complexity index is 407. The van der Waals surface area contributed by atoms with Crippen LogP contribution >= 0.6 is 0 Å². The monoisotopic (exact) mass is 237 g/mol. The highest BCUT2D eigenvalue weighted by Gasteiger charge is 2.10. The summed E-state index contributed by atoms with van der Waals surface area (Å²) in [4.78, 5) is 21.9. The Labute approximate surface area is 99.1 Å². The summed E-state index contributed by atoms with van der Waals surface area (Å²) in [5.41, 5.74) is 2.72. The first-order valence-electron chi connectivity index (χ1n) is 5.09. The SMILES string of the molecule is COc1ccccc1CCNC(=O)C(=O)NN. The molecule has 1 aromatic carbocycles. The molecule has 17 heavy (non-hydrogen) atoms. The highest BCUT2D eigenvalue weighted by atomic mass is 16.5. The number of carbonyl (C=O) groups excluding carboxylic acids is 2. The smallest absolute Gasteiger partial charge is 0.323 e. The van der Waals surface area contributed by atoms with E-state index in [-0.39, 0.29) is 0 Å². The Kier molecular flexibility index (Phi) is 4.96. The van der Waals surface area contributed by atoms with Gasteiger partial charge in [-0.3, -0.25) is 15.0 Å². The van der Waals surface area contributed by atoms with E-state index in [0.29, 0.717) is 13.0 Å². The molecule has 0 bridgehead atoms. The van der Waals surface area contributed by atoms with Gasteiger partial charge in [-0.25, -0.2) is 5.84 Å². The number of nitrogens with one attached hydrogen (secondary N) is 2. The maximum atomic E-state index is 11.1. The van der Waals surface area contributed by atoms with Crippen LogP contribution < -0.4 is 21.3 Å². The fourth-order valence-corrected chi connectivity index (χ4v) is 1.37. The minimum Gasteiger partial charge on any atom is -0.496 e. The number of methoxy groups -OCH3 is 1. The normalized spacial score (nSPS) is 9.53. The summed E-state index contributed by atoms with van der Waals surface area (Å²) in [6.07, 6.45) is 0.577. The van der Waals surface area contributed by atoms with Gasteiger partial charge >= 0.3 is 11.8 Å². The second-order valence-electron chi connectivity index (χ2n) is 3.29. The molecule has 6 nitrogen and oxygen atoms in total. The molecule has 1 rings (SSSR count). The van der Waals surface area contributed by atoms with Crippen molar-refractivity contribution in [2.45, 2.75) is 6.42 Å². The van der Waals surface area contributed by atoms with Crippen LogP contribution in [0.4, 0.5) is 0 Å². The zero-order valence-corrected chi connectivity index (χ0v) is 9.53. The molecular formula is C11H15N3O3. The average molecular weight is 237 g/mol. The molecule has 2 amide bonds. The number of benzene rings is 1. The van der Waals surface area contributed by atoms with Crippen LogP contribution in [0, 0.1) is 0 Å². The van der Waals surface area contributed by atoms with Gasteiger partial charge in [-0.15, -0.1) is 0 Å². The minimum absolute atomic E-state index is 0.340. The van der Waals surface area contributed by atoms with E-state index in [1.807, 2.05) is 24.3 Å². The molecule has 92 valence electrons. The van der Waals surface area contributed by atoms with Gasteiger partial charge in [0.25, 0.3) is 0 Å². The quantitative estimate of drug-likeness (QED) is 0.280.